The van der Waals surface area contributed by atoms with Crippen molar-refractivity contribution in [1.29, 1.82) is 0 Å². The number of nitrogens with one attached hydrogen (secondary N) is 1. The van der Waals surface area contributed by atoms with Gasteiger partial charge in [0.25, 0.3) is 6.47 Å². The highest BCUT2D eigenvalue weighted by molar-refractivity contribution is 5.63. The Morgan fingerprint density at radius 2 is 1.91 bits per heavy atom. The van der Waals surface area contributed by atoms with Crippen molar-refractivity contribution in [1.82, 2.24) is 20.2 Å². The zero-order valence-corrected chi connectivity index (χ0v) is 20.0. The molecule has 0 aliphatic carbocycles. The van der Waals surface area contributed by atoms with Crippen LogP contribution in [0.2, 0.25) is 0 Å². The van der Waals surface area contributed by atoms with E-state index in [4.69, 9.17) is 9.78 Å². The summed E-state index contributed by atoms with van der Waals surface area (Å²) >= 11 is 0. The van der Waals surface area contributed by atoms with Gasteiger partial charge in [0, 0.05) is 75.4 Å². The second-order valence-corrected chi connectivity index (χ2v) is 8.99. The van der Waals surface area contributed by atoms with Crippen molar-refractivity contribution in [3.63, 3.8) is 0 Å². The van der Waals surface area contributed by atoms with Crippen molar-refractivity contribution in [2.75, 3.05) is 75.8 Å². The van der Waals surface area contributed by atoms with Gasteiger partial charge in [0.2, 0.25) is 0 Å². The van der Waals surface area contributed by atoms with Crippen LogP contribution in [0, 0.1) is 0 Å². The van der Waals surface area contributed by atoms with E-state index in [9.17, 15) is 5.11 Å². The molecule has 5 rings (SSSR count). The third-order valence-corrected chi connectivity index (χ3v) is 6.65. The summed E-state index contributed by atoms with van der Waals surface area (Å²) in [5.74, 6) is 1.92. The average molecular weight is 469 g/mol. The van der Waals surface area contributed by atoms with E-state index in [1.807, 2.05) is 6.20 Å². The summed E-state index contributed by atoms with van der Waals surface area (Å²) in [6, 6.07) is 8.69. The molecule has 184 valence electrons. The largest absolute Gasteiger partial charge is 0.471 e. The number of hydrogen-bond acceptors (Lipinski definition) is 9. The molecule has 0 bridgehead atoms. The van der Waals surface area contributed by atoms with E-state index in [-0.39, 0.29) is 6.10 Å². The summed E-state index contributed by atoms with van der Waals surface area (Å²) in [7, 11) is 1.31. The maximum absolute atomic E-state index is 9.70. The lowest BCUT2D eigenvalue weighted by Crippen LogP contribution is -2.43. The SMILES string of the molecule is COC=O.OC1CCN(CCCN2CCc3cnc(-c4ccc(N5CCNCC5)cc4)nc32)C1. The molecule has 0 spiro atoms. The van der Waals surface area contributed by atoms with Crippen molar-refractivity contribution >= 4 is 18.0 Å². The Labute approximate surface area is 201 Å². The van der Waals surface area contributed by atoms with E-state index in [0.717, 1.165) is 95.4 Å². The summed E-state index contributed by atoms with van der Waals surface area (Å²) in [5.41, 5.74) is 3.61. The molecule has 9 nitrogen and oxygen atoms in total. The van der Waals surface area contributed by atoms with E-state index < -0.39 is 0 Å². The Bertz CT molecular complexity index is 919. The number of fused-ring (bicyclic) bond motifs is 1. The first-order valence-corrected chi connectivity index (χ1v) is 12.2. The summed E-state index contributed by atoms with van der Waals surface area (Å²) in [6.45, 7) is 9.51. The second-order valence-electron chi connectivity index (χ2n) is 8.99. The Balaban J connectivity index is 0.000000636. The minimum absolute atomic E-state index is 0.134. The van der Waals surface area contributed by atoms with Gasteiger partial charge in [-0.15, -0.1) is 0 Å². The zero-order chi connectivity index (χ0) is 23.8. The molecule has 1 aromatic carbocycles. The van der Waals surface area contributed by atoms with E-state index in [0.29, 0.717) is 6.47 Å². The number of hydrogen-bond donors (Lipinski definition) is 2. The van der Waals surface area contributed by atoms with Gasteiger partial charge >= 0.3 is 0 Å². The summed E-state index contributed by atoms with van der Waals surface area (Å²) in [6.07, 6.45) is 4.92. The maximum Gasteiger partial charge on any atom is 0.292 e. The fourth-order valence-corrected chi connectivity index (χ4v) is 4.81. The third kappa shape index (κ3) is 6.22. The molecule has 9 heteroatoms. The molecule has 1 unspecified atom stereocenters. The first-order valence-electron chi connectivity index (χ1n) is 12.2. The highest BCUT2D eigenvalue weighted by Crippen LogP contribution is 2.29. The van der Waals surface area contributed by atoms with Gasteiger partial charge in [0.05, 0.1) is 13.2 Å². The lowest BCUT2D eigenvalue weighted by molar-refractivity contribution is -0.126. The van der Waals surface area contributed by atoms with Gasteiger partial charge in [-0.2, -0.15) is 0 Å². The molecule has 34 heavy (non-hydrogen) atoms. The first kappa shape index (κ1) is 24.4. The number of ether oxygens (including phenoxy) is 1. The molecule has 0 saturated carbocycles. The minimum atomic E-state index is -0.134. The van der Waals surface area contributed by atoms with E-state index >= 15 is 0 Å². The van der Waals surface area contributed by atoms with E-state index in [2.05, 4.69) is 54.0 Å². The number of carbonyl (C=O) groups excluding carboxylic acids is 1. The number of anilines is 2. The Morgan fingerprint density at radius 1 is 1.15 bits per heavy atom. The lowest BCUT2D eigenvalue weighted by atomic mass is 10.1. The van der Waals surface area contributed by atoms with Gasteiger partial charge in [0.15, 0.2) is 5.82 Å². The number of piperazine rings is 1. The van der Waals surface area contributed by atoms with Gasteiger partial charge in [0.1, 0.15) is 5.82 Å². The molecule has 3 aliphatic heterocycles. The number of likely N-dealkylation sites (tertiary alicyclic amines) is 1. The van der Waals surface area contributed by atoms with Crippen molar-refractivity contribution in [3.8, 4) is 11.4 Å². The molecule has 4 heterocycles. The molecule has 0 radical (unpaired) electrons. The molecule has 1 aromatic heterocycles. The van der Waals surface area contributed by atoms with Crippen LogP contribution in [-0.2, 0) is 16.0 Å². The molecule has 1 atom stereocenters. The van der Waals surface area contributed by atoms with Crippen molar-refractivity contribution in [2.45, 2.75) is 25.4 Å². The van der Waals surface area contributed by atoms with Crippen molar-refractivity contribution < 1.29 is 14.6 Å². The molecular formula is C25H36N6O3. The smallest absolute Gasteiger partial charge is 0.292 e. The molecule has 0 amide bonds. The third-order valence-electron chi connectivity index (χ3n) is 6.65. The quantitative estimate of drug-likeness (QED) is 0.581. The highest BCUT2D eigenvalue weighted by Gasteiger charge is 2.23. The molecule has 2 N–H and O–H groups in total. The van der Waals surface area contributed by atoms with Gasteiger partial charge < -0.3 is 29.9 Å². The monoisotopic (exact) mass is 468 g/mol. The lowest BCUT2D eigenvalue weighted by Gasteiger charge is -2.29. The molecular weight excluding hydrogens is 432 g/mol. The summed E-state index contributed by atoms with van der Waals surface area (Å²) < 4.78 is 3.86. The van der Waals surface area contributed by atoms with Crippen LogP contribution in [0.5, 0.6) is 0 Å². The average Bonchev–Trinajstić information content (AvgIpc) is 3.50. The summed E-state index contributed by atoms with van der Waals surface area (Å²) in [4.78, 5) is 25.7. The van der Waals surface area contributed by atoms with Crippen LogP contribution in [0.1, 0.15) is 18.4 Å². The van der Waals surface area contributed by atoms with Crippen LogP contribution < -0.4 is 15.1 Å². The Morgan fingerprint density at radius 3 is 2.59 bits per heavy atom. The van der Waals surface area contributed by atoms with Crippen LogP contribution in [0.15, 0.2) is 30.5 Å². The molecule has 2 saturated heterocycles. The minimum Gasteiger partial charge on any atom is -0.471 e. The number of methoxy groups -OCH3 is 1. The number of β-amino-alcohol motifs (C(OH)–C–C–N with tert-alkyl or cyclic N) is 1. The maximum atomic E-state index is 9.70. The topological polar surface area (TPSA) is 94.1 Å². The fourth-order valence-electron chi connectivity index (χ4n) is 4.81. The van der Waals surface area contributed by atoms with Crippen molar-refractivity contribution in [2.24, 2.45) is 0 Å². The fraction of sp³-hybridized carbons (Fsp3) is 0.560. The number of carbonyl (C=O) groups is 1. The van der Waals surface area contributed by atoms with Gasteiger partial charge in [-0.25, -0.2) is 9.97 Å². The van der Waals surface area contributed by atoms with E-state index in [1.165, 1.54) is 18.4 Å². The number of aliphatic hydroxyl groups excluding tert-OH is 1. The van der Waals surface area contributed by atoms with Crippen LogP contribution >= 0.6 is 0 Å². The Kier molecular flexibility index (Phi) is 8.67. The van der Waals surface area contributed by atoms with E-state index in [1.54, 1.807) is 0 Å². The summed E-state index contributed by atoms with van der Waals surface area (Å²) in [5, 5.41) is 13.1. The van der Waals surface area contributed by atoms with Crippen LogP contribution in [0.3, 0.4) is 0 Å². The zero-order valence-electron chi connectivity index (χ0n) is 20.0. The number of aliphatic hydroxyl groups is 1. The number of benzene rings is 1. The second kappa shape index (κ2) is 12.1. The molecule has 2 fully saturated rings. The van der Waals surface area contributed by atoms with Gasteiger partial charge in [-0.05, 0) is 50.1 Å². The van der Waals surface area contributed by atoms with Gasteiger partial charge in [-0.1, -0.05) is 0 Å². The molecule has 3 aliphatic rings. The van der Waals surface area contributed by atoms with Crippen LogP contribution in [0.4, 0.5) is 11.5 Å². The van der Waals surface area contributed by atoms with Crippen molar-refractivity contribution in [3.05, 3.63) is 36.0 Å². The number of nitrogens with zero attached hydrogens (tertiary/aromatic N) is 5. The Hall–Kier alpha value is -2.75. The standard InChI is InChI=1S/C23H32N6O.C2H4O2/c30-21-7-12-27(17-21)10-1-11-29-13-6-19-16-25-22(26-23(19)29)18-2-4-20(5-3-18)28-14-8-24-9-15-28;1-4-2-3/h2-5,16,21,24,30H,1,6-15,17H2;2H,1H3. The highest BCUT2D eigenvalue weighted by atomic mass is 16.5. The predicted molar refractivity (Wildman–Crippen MR) is 133 cm³/mol. The first-order chi connectivity index (χ1) is 16.7. The molecule has 2 aromatic rings. The van der Waals surface area contributed by atoms with Crippen LogP contribution in [0.25, 0.3) is 11.4 Å². The predicted octanol–water partition coefficient (Wildman–Crippen LogP) is 1.16. The van der Waals surface area contributed by atoms with Crippen LogP contribution in [-0.4, -0.2) is 98.6 Å². The van der Waals surface area contributed by atoms with Gasteiger partial charge in [-0.3, -0.25) is 4.79 Å². The number of aromatic nitrogens is 2. The normalized spacial score (nSPS) is 20.0. The number of rotatable bonds is 7.